The maximum absolute atomic E-state index is 9.90. The van der Waals surface area contributed by atoms with Crippen LogP contribution in [0.25, 0.3) is 0 Å². The Morgan fingerprint density at radius 3 is 1.38 bits per heavy atom. The lowest BCUT2D eigenvalue weighted by atomic mass is 10.0. The molecular formula is C12H20Br2O2. The molecule has 0 aromatic carbocycles. The van der Waals surface area contributed by atoms with Gasteiger partial charge >= 0.3 is 0 Å². The van der Waals surface area contributed by atoms with E-state index in [1.165, 1.54) is 25.7 Å². The third kappa shape index (κ3) is 4.86. The molecule has 2 atom stereocenters. The van der Waals surface area contributed by atoms with Gasteiger partial charge in [0.25, 0.3) is 0 Å². The fourth-order valence-corrected chi connectivity index (χ4v) is 2.94. The maximum Gasteiger partial charge on any atom is 0.0863 e. The molecule has 0 spiro atoms. The highest BCUT2D eigenvalue weighted by molar-refractivity contribution is 9.14. The summed E-state index contributed by atoms with van der Waals surface area (Å²) in [5, 5.41) is 19.8. The fraction of sp³-hybridized carbons (Fsp3) is 0.833. The molecule has 1 rings (SSSR count). The summed E-state index contributed by atoms with van der Waals surface area (Å²) in [5.74, 6) is 0. The molecule has 0 radical (unpaired) electrons. The summed E-state index contributed by atoms with van der Waals surface area (Å²) in [6, 6.07) is 0. The highest BCUT2D eigenvalue weighted by atomic mass is 79.9. The van der Waals surface area contributed by atoms with Crippen molar-refractivity contribution in [2.24, 2.45) is 0 Å². The molecule has 0 saturated carbocycles. The Morgan fingerprint density at radius 1 is 0.688 bits per heavy atom. The van der Waals surface area contributed by atoms with Crippen LogP contribution >= 0.6 is 31.9 Å². The first kappa shape index (κ1) is 14.7. The van der Waals surface area contributed by atoms with E-state index in [9.17, 15) is 10.2 Å². The molecule has 0 aromatic rings. The summed E-state index contributed by atoms with van der Waals surface area (Å²) in [6.45, 7) is 0. The summed E-state index contributed by atoms with van der Waals surface area (Å²) >= 11 is 6.74. The number of aliphatic hydroxyl groups excluding tert-OH is 2. The second kappa shape index (κ2) is 7.85. The molecular weight excluding hydrogens is 336 g/mol. The van der Waals surface area contributed by atoms with Crippen LogP contribution < -0.4 is 0 Å². The maximum atomic E-state index is 9.90. The quantitative estimate of drug-likeness (QED) is 0.692. The highest BCUT2D eigenvalue weighted by Crippen LogP contribution is 2.29. The Kier molecular flexibility index (Phi) is 7.20. The largest absolute Gasteiger partial charge is 0.388 e. The van der Waals surface area contributed by atoms with Gasteiger partial charge in [0.05, 0.1) is 12.2 Å². The lowest BCUT2D eigenvalue weighted by Crippen LogP contribution is -2.14. The zero-order valence-electron chi connectivity index (χ0n) is 9.46. The average molecular weight is 356 g/mol. The average Bonchev–Trinajstić information content (AvgIpc) is 2.28. The van der Waals surface area contributed by atoms with E-state index in [2.05, 4.69) is 31.9 Å². The number of halogens is 2. The molecule has 16 heavy (non-hydrogen) atoms. The minimum Gasteiger partial charge on any atom is -0.388 e. The Morgan fingerprint density at radius 2 is 1.00 bits per heavy atom. The van der Waals surface area contributed by atoms with Crippen molar-refractivity contribution in [2.75, 3.05) is 0 Å². The van der Waals surface area contributed by atoms with Crippen LogP contribution in [0.1, 0.15) is 51.4 Å². The van der Waals surface area contributed by atoms with Crippen molar-refractivity contribution in [3.05, 3.63) is 8.96 Å². The summed E-state index contributed by atoms with van der Waals surface area (Å²) < 4.78 is 1.42. The molecule has 0 saturated heterocycles. The number of hydrogen-bond donors (Lipinski definition) is 2. The topological polar surface area (TPSA) is 40.5 Å². The monoisotopic (exact) mass is 354 g/mol. The standard InChI is InChI=1S/C12H20Br2O2/c13-11-9(15)7-5-3-1-2-4-6-8-10(16)12(11)14/h9-10,15-16H,1-8H2/b12-11+/t9-,10-/m1/s1. The molecule has 0 fully saturated rings. The minimum atomic E-state index is -0.483. The smallest absolute Gasteiger partial charge is 0.0863 e. The van der Waals surface area contributed by atoms with E-state index in [4.69, 9.17) is 0 Å². The van der Waals surface area contributed by atoms with Crippen molar-refractivity contribution in [2.45, 2.75) is 63.6 Å². The summed E-state index contributed by atoms with van der Waals surface area (Å²) in [4.78, 5) is 0. The minimum absolute atomic E-state index is 0.483. The van der Waals surface area contributed by atoms with Crippen molar-refractivity contribution in [3.63, 3.8) is 0 Å². The van der Waals surface area contributed by atoms with Gasteiger partial charge in [-0.05, 0) is 12.8 Å². The summed E-state index contributed by atoms with van der Waals surface area (Å²) in [6.07, 6.45) is 7.53. The van der Waals surface area contributed by atoms with Crippen LogP contribution in [0.15, 0.2) is 8.96 Å². The van der Waals surface area contributed by atoms with E-state index in [1.807, 2.05) is 0 Å². The zero-order valence-corrected chi connectivity index (χ0v) is 12.6. The molecule has 0 aromatic heterocycles. The van der Waals surface area contributed by atoms with Crippen LogP contribution in [0.3, 0.4) is 0 Å². The van der Waals surface area contributed by atoms with Gasteiger partial charge in [0.15, 0.2) is 0 Å². The van der Waals surface area contributed by atoms with Gasteiger partial charge in [0.2, 0.25) is 0 Å². The van der Waals surface area contributed by atoms with E-state index < -0.39 is 12.2 Å². The fourth-order valence-electron chi connectivity index (χ4n) is 1.95. The van der Waals surface area contributed by atoms with Crippen LogP contribution in [0.2, 0.25) is 0 Å². The molecule has 0 aliphatic heterocycles. The Labute approximate surface area is 114 Å². The predicted molar refractivity (Wildman–Crippen MR) is 73.8 cm³/mol. The van der Waals surface area contributed by atoms with Gasteiger partial charge in [0, 0.05) is 8.96 Å². The number of hydrogen-bond acceptors (Lipinski definition) is 2. The van der Waals surface area contributed by atoms with Crippen molar-refractivity contribution in [1.82, 2.24) is 0 Å². The zero-order chi connectivity index (χ0) is 12.0. The lowest BCUT2D eigenvalue weighted by Gasteiger charge is -2.17. The van der Waals surface area contributed by atoms with Crippen LogP contribution in [0.4, 0.5) is 0 Å². The molecule has 2 N–H and O–H groups in total. The van der Waals surface area contributed by atoms with Gasteiger partial charge in [-0.3, -0.25) is 0 Å². The SMILES string of the molecule is O[C@@H]1CCCCCCCC[C@@H](O)/C(Br)=C/1Br. The van der Waals surface area contributed by atoms with E-state index in [0.717, 1.165) is 25.7 Å². The molecule has 0 unspecified atom stereocenters. The number of rotatable bonds is 0. The molecule has 1 aliphatic rings. The normalized spacial score (nSPS) is 35.2. The molecule has 0 heterocycles. The van der Waals surface area contributed by atoms with E-state index in [-0.39, 0.29) is 0 Å². The van der Waals surface area contributed by atoms with Crippen LogP contribution in [0.5, 0.6) is 0 Å². The Bertz CT molecular complexity index is 217. The van der Waals surface area contributed by atoms with E-state index in [0.29, 0.717) is 8.96 Å². The van der Waals surface area contributed by atoms with Gasteiger partial charge < -0.3 is 10.2 Å². The first-order valence-corrected chi connectivity index (χ1v) is 7.62. The van der Waals surface area contributed by atoms with Gasteiger partial charge in [-0.25, -0.2) is 0 Å². The first-order valence-electron chi connectivity index (χ1n) is 6.04. The molecule has 1 aliphatic carbocycles. The van der Waals surface area contributed by atoms with Crippen molar-refractivity contribution in [3.8, 4) is 0 Å². The lowest BCUT2D eigenvalue weighted by molar-refractivity contribution is 0.186. The summed E-state index contributed by atoms with van der Waals surface area (Å²) in [5.41, 5.74) is 0. The third-order valence-electron chi connectivity index (χ3n) is 3.02. The van der Waals surface area contributed by atoms with E-state index in [1.54, 1.807) is 0 Å². The predicted octanol–water partition coefficient (Wildman–Crippen LogP) is 3.84. The highest BCUT2D eigenvalue weighted by Gasteiger charge is 2.18. The molecule has 0 bridgehead atoms. The molecule has 4 heteroatoms. The van der Waals surface area contributed by atoms with Gasteiger partial charge in [-0.15, -0.1) is 0 Å². The van der Waals surface area contributed by atoms with Gasteiger partial charge in [-0.1, -0.05) is 70.4 Å². The summed E-state index contributed by atoms with van der Waals surface area (Å²) in [7, 11) is 0. The van der Waals surface area contributed by atoms with Crippen molar-refractivity contribution in [1.29, 1.82) is 0 Å². The molecule has 2 nitrogen and oxygen atoms in total. The van der Waals surface area contributed by atoms with Crippen molar-refractivity contribution < 1.29 is 10.2 Å². The van der Waals surface area contributed by atoms with Crippen LogP contribution in [-0.2, 0) is 0 Å². The Hall–Kier alpha value is 0.620. The molecule has 94 valence electrons. The Balaban J connectivity index is 2.65. The second-order valence-corrected chi connectivity index (χ2v) is 6.13. The second-order valence-electron chi connectivity index (χ2n) is 4.43. The first-order chi connectivity index (χ1) is 7.63. The van der Waals surface area contributed by atoms with Crippen molar-refractivity contribution >= 4 is 31.9 Å². The van der Waals surface area contributed by atoms with Gasteiger partial charge in [-0.2, -0.15) is 0 Å². The third-order valence-corrected chi connectivity index (χ3v) is 5.46. The van der Waals surface area contributed by atoms with Crippen LogP contribution in [-0.4, -0.2) is 22.4 Å². The van der Waals surface area contributed by atoms with Crippen LogP contribution in [0, 0.1) is 0 Å². The molecule has 0 amide bonds. The van der Waals surface area contributed by atoms with E-state index >= 15 is 0 Å². The van der Waals surface area contributed by atoms with Gasteiger partial charge in [0.1, 0.15) is 0 Å². The number of aliphatic hydroxyl groups is 2.